The van der Waals surface area contributed by atoms with Gasteiger partial charge in [0.05, 0.1) is 0 Å². The molecule has 0 heterocycles. The third kappa shape index (κ3) is 3.83. The van der Waals surface area contributed by atoms with E-state index in [0.29, 0.717) is 16.7 Å². The fraction of sp³-hybridized carbons (Fsp3) is 0.375. The van der Waals surface area contributed by atoms with Gasteiger partial charge in [-0.3, -0.25) is 0 Å². The van der Waals surface area contributed by atoms with Gasteiger partial charge in [0.1, 0.15) is 23.5 Å². The molecule has 1 aromatic carbocycles. The van der Waals surface area contributed by atoms with Crippen molar-refractivity contribution in [3.05, 3.63) is 52.6 Å². The number of hydrogen-bond acceptors (Lipinski definition) is 1. The first-order chi connectivity index (χ1) is 9.45. The second kappa shape index (κ2) is 6.40. The molecule has 108 valence electrons. The highest BCUT2D eigenvalue weighted by atomic mass is 35.5. The zero-order valence-corrected chi connectivity index (χ0v) is 12.3. The van der Waals surface area contributed by atoms with E-state index in [0.717, 1.165) is 18.1 Å². The second-order valence-electron chi connectivity index (χ2n) is 5.32. The van der Waals surface area contributed by atoms with Gasteiger partial charge in [-0.2, -0.15) is 0 Å². The Morgan fingerprint density at radius 3 is 2.75 bits per heavy atom. The molecule has 1 aliphatic carbocycles. The summed E-state index contributed by atoms with van der Waals surface area (Å²) in [5, 5.41) is 0.618. The Labute approximate surface area is 122 Å². The number of rotatable bonds is 4. The van der Waals surface area contributed by atoms with Crippen molar-refractivity contribution < 1.29 is 13.5 Å². The molecule has 0 saturated carbocycles. The molecule has 1 aromatic rings. The van der Waals surface area contributed by atoms with Crippen LogP contribution >= 0.6 is 11.6 Å². The van der Waals surface area contributed by atoms with Crippen molar-refractivity contribution in [1.29, 1.82) is 0 Å². The van der Waals surface area contributed by atoms with Crippen LogP contribution in [0.25, 0.3) is 0 Å². The van der Waals surface area contributed by atoms with Crippen LogP contribution in [0.3, 0.4) is 0 Å². The molecule has 0 aliphatic heterocycles. The van der Waals surface area contributed by atoms with Crippen molar-refractivity contribution in [2.45, 2.75) is 32.8 Å². The van der Waals surface area contributed by atoms with E-state index in [1.165, 1.54) is 6.08 Å². The van der Waals surface area contributed by atoms with Crippen molar-refractivity contribution in [3.63, 3.8) is 0 Å². The Hall–Kier alpha value is -1.35. The van der Waals surface area contributed by atoms with E-state index in [1.54, 1.807) is 18.2 Å². The molecule has 1 nitrogen and oxygen atoms in total. The van der Waals surface area contributed by atoms with Crippen molar-refractivity contribution in [3.8, 4) is 5.75 Å². The maximum atomic E-state index is 13.3. The number of allylic oxidation sites excluding steroid dienone is 2. The largest absolute Gasteiger partial charge is 0.485 e. The number of hydrogen-bond donors (Lipinski definition) is 0. The summed E-state index contributed by atoms with van der Waals surface area (Å²) < 4.78 is 32.2. The monoisotopic (exact) mass is 298 g/mol. The summed E-state index contributed by atoms with van der Waals surface area (Å²) in [5.74, 6) is -0.115. The third-order valence-corrected chi connectivity index (χ3v) is 3.36. The van der Waals surface area contributed by atoms with E-state index < -0.39 is 17.8 Å². The van der Waals surface area contributed by atoms with E-state index in [4.69, 9.17) is 16.3 Å². The van der Waals surface area contributed by atoms with Gasteiger partial charge in [0.2, 0.25) is 0 Å². The van der Waals surface area contributed by atoms with Crippen LogP contribution in [0.1, 0.15) is 25.8 Å². The molecule has 0 amide bonds. The van der Waals surface area contributed by atoms with Crippen molar-refractivity contribution in [1.82, 2.24) is 0 Å². The first-order valence-electron chi connectivity index (χ1n) is 6.63. The first kappa shape index (κ1) is 15.0. The molecule has 0 N–H and O–H groups in total. The summed E-state index contributed by atoms with van der Waals surface area (Å²) in [7, 11) is 0. The summed E-state index contributed by atoms with van der Waals surface area (Å²) >= 11 is 6.19. The van der Waals surface area contributed by atoms with E-state index in [1.807, 2.05) is 0 Å². The van der Waals surface area contributed by atoms with Gasteiger partial charge in [-0.1, -0.05) is 31.5 Å². The minimum atomic E-state index is -0.635. The Morgan fingerprint density at radius 2 is 2.10 bits per heavy atom. The van der Waals surface area contributed by atoms with Crippen LogP contribution in [0.5, 0.6) is 5.75 Å². The third-order valence-electron chi connectivity index (χ3n) is 3.00. The molecule has 0 radical (unpaired) electrons. The lowest BCUT2D eigenvalue weighted by Crippen LogP contribution is -2.17. The van der Waals surface area contributed by atoms with E-state index >= 15 is 0 Å². The summed E-state index contributed by atoms with van der Waals surface area (Å²) in [6.45, 7) is 4.16. The second-order valence-corrected chi connectivity index (χ2v) is 5.72. The molecule has 20 heavy (non-hydrogen) atoms. The topological polar surface area (TPSA) is 9.23 Å². The minimum Gasteiger partial charge on any atom is -0.485 e. The van der Waals surface area contributed by atoms with Gasteiger partial charge in [0, 0.05) is 23.1 Å². The quantitative estimate of drug-likeness (QED) is 0.723. The summed E-state index contributed by atoms with van der Waals surface area (Å²) in [4.78, 5) is 0. The zero-order valence-electron chi connectivity index (χ0n) is 11.5. The maximum absolute atomic E-state index is 13.3. The molecule has 0 fully saturated rings. The Kier molecular flexibility index (Phi) is 4.81. The van der Waals surface area contributed by atoms with Crippen LogP contribution in [0.4, 0.5) is 8.78 Å². The Bertz CT molecular complexity index is 549. The molecule has 0 saturated heterocycles. The van der Waals surface area contributed by atoms with Gasteiger partial charge < -0.3 is 4.74 Å². The molecular weight excluding hydrogens is 282 g/mol. The minimum absolute atomic E-state index is 0.0427. The van der Waals surface area contributed by atoms with Gasteiger partial charge in [-0.15, -0.1) is 0 Å². The molecule has 0 spiro atoms. The number of ether oxygens (including phenoxy) is 1. The van der Waals surface area contributed by atoms with Crippen LogP contribution < -0.4 is 4.74 Å². The van der Waals surface area contributed by atoms with Gasteiger partial charge in [-0.05, 0) is 30.5 Å². The van der Waals surface area contributed by atoms with Gasteiger partial charge in [-0.25, -0.2) is 8.78 Å². The van der Waals surface area contributed by atoms with Crippen molar-refractivity contribution in [2.24, 2.45) is 5.92 Å². The standard InChI is InChI=1S/C16H17ClF2O/c1-10(2)6-14-15(17)4-3-5-16(14)20-13-8-11(18)7-12(19)9-13/h3-5,7-8,10,13H,6,9H2,1-2H3. The lowest BCUT2D eigenvalue weighted by atomic mass is 10.0. The van der Waals surface area contributed by atoms with E-state index in [9.17, 15) is 8.78 Å². The average Bonchev–Trinajstić information content (AvgIpc) is 2.32. The average molecular weight is 299 g/mol. The van der Waals surface area contributed by atoms with Gasteiger partial charge in [0.25, 0.3) is 0 Å². The lowest BCUT2D eigenvalue weighted by Gasteiger charge is -2.21. The highest BCUT2D eigenvalue weighted by Gasteiger charge is 2.19. The maximum Gasteiger partial charge on any atom is 0.126 e. The fourth-order valence-corrected chi connectivity index (χ4v) is 2.42. The molecule has 1 unspecified atom stereocenters. The lowest BCUT2D eigenvalue weighted by molar-refractivity contribution is 0.231. The van der Waals surface area contributed by atoms with Gasteiger partial charge in [0.15, 0.2) is 0 Å². The molecule has 2 rings (SSSR count). The van der Waals surface area contributed by atoms with Crippen LogP contribution in [0.15, 0.2) is 42.0 Å². The van der Waals surface area contributed by atoms with Crippen molar-refractivity contribution in [2.75, 3.05) is 0 Å². The molecule has 1 aliphatic rings. The smallest absolute Gasteiger partial charge is 0.126 e. The summed E-state index contributed by atoms with van der Waals surface area (Å²) in [5.41, 5.74) is 0.882. The highest BCUT2D eigenvalue weighted by Crippen LogP contribution is 2.31. The molecule has 4 heteroatoms. The summed E-state index contributed by atoms with van der Waals surface area (Å²) in [6, 6.07) is 5.35. The van der Waals surface area contributed by atoms with Crippen LogP contribution in [0, 0.1) is 5.92 Å². The van der Waals surface area contributed by atoms with Crippen LogP contribution in [0.2, 0.25) is 5.02 Å². The fourth-order valence-electron chi connectivity index (χ4n) is 2.18. The zero-order chi connectivity index (χ0) is 14.7. The van der Waals surface area contributed by atoms with Crippen molar-refractivity contribution >= 4 is 11.6 Å². The summed E-state index contributed by atoms with van der Waals surface area (Å²) in [6.07, 6.45) is 2.33. The molecule has 1 atom stereocenters. The van der Waals surface area contributed by atoms with Crippen LogP contribution in [-0.4, -0.2) is 6.10 Å². The number of halogens is 3. The molecule has 0 aromatic heterocycles. The number of benzene rings is 1. The predicted molar refractivity (Wildman–Crippen MR) is 77.4 cm³/mol. The van der Waals surface area contributed by atoms with E-state index in [2.05, 4.69) is 13.8 Å². The molecular formula is C16H17ClF2O. The first-order valence-corrected chi connectivity index (χ1v) is 7.01. The highest BCUT2D eigenvalue weighted by molar-refractivity contribution is 6.31. The van der Waals surface area contributed by atoms with E-state index in [-0.39, 0.29) is 6.42 Å². The SMILES string of the molecule is CC(C)Cc1c(Cl)cccc1OC1C=C(F)C=C(F)C1. The predicted octanol–water partition coefficient (Wildman–Crippen LogP) is 5.40. The van der Waals surface area contributed by atoms with Gasteiger partial charge >= 0.3 is 0 Å². The normalized spacial score (nSPS) is 18.8. The Balaban J connectivity index is 2.21. The van der Waals surface area contributed by atoms with Crippen LogP contribution in [-0.2, 0) is 6.42 Å². The Morgan fingerprint density at radius 1 is 1.35 bits per heavy atom. The molecule has 0 bridgehead atoms.